The Morgan fingerprint density at radius 1 is 1.33 bits per heavy atom. The SMILES string of the molecule is CCNC(CCCS(=O)(=O)CC)Cc1ccc(F)cc1Cl. The molecule has 0 saturated carbocycles. The van der Waals surface area contributed by atoms with E-state index in [0.717, 1.165) is 18.5 Å². The van der Waals surface area contributed by atoms with E-state index in [-0.39, 0.29) is 23.4 Å². The molecule has 1 unspecified atom stereocenters. The highest BCUT2D eigenvalue weighted by Gasteiger charge is 2.13. The van der Waals surface area contributed by atoms with Crippen molar-refractivity contribution in [3.63, 3.8) is 0 Å². The maximum absolute atomic E-state index is 13.0. The standard InChI is InChI=1S/C15H23ClFNO2S/c1-3-18-14(6-5-9-21(19,20)4-2)10-12-7-8-13(17)11-15(12)16/h7-8,11,14,18H,3-6,9-10H2,1-2H3. The van der Waals surface area contributed by atoms with Crippen molar-refractivity contribution in [3.05, 3.63) is 34.6 Å². The topological polar surface area (TPSA) is 46.2 Å². The summed E-state index contributed by atoms with van der Waals surface area (Å²) in [5.41, 5.74) is 0.877. The molecule has 0 aromatic heterocycles. The third-order valence-electron chi connectivity index (χ3n) is 3.42. The minimum Gasteiger partial charge on any atom is -0.314 e. The monoisotopic (exact) mass is 335 g/mol. The van der Waals surface area contributed by atoms with Gasteiger partial charge in [0.05, 0.1) is 5.75 Å². The third-order valence-corrected chi connectivity index (χ3v) is 5.56. The van der Waals surface area contributed by atoms with Crippen molar-refractivity contribution < 1.29 is 12.8 Å². The van der Waals surface area contributed by atoms with Gasteiger partial charge in [-0.05, 0) is 43.5 Å². The molecule has 1 rings (SSSR count). The number of benzene rings is 1. The highest BCUT2D eigenvalue weighted by Crippen LogP contribution is 2.20. The van der Waals surface area contributed by atoms with Crippen LogP contribution in [0.25, 0.3) is 0 Å². The third kappa shape index (κ3) is 6.76. The highest BCUT2D eigenvalue weighted by molar-refractivity contribution is 7.91. The van der Waals surface area contributed by atoms with E-state index in [1.54, 1.807) is 13.0 Å². The zero-order chi connectivity index (χ0) is 15.9. The lowest BCUT2D eigenvalue weighted by molar-refractivity contribution is 0.484. The molecule has 1 aromatic rings. The first-order valence-corrected chi connectivity index (χ1v) is 9.45. The van der Waals surface area contributed by atoms with Gasteiger partial charge in [0.15, 0.2) is 0 Å². The van der Waals surface area contributed by atoms with E-state index < -0.39 is 9.84 Å². The van der Waals surface area contributed by atoms with Crippen LogP contribution in [-0.2, 0) is 16.3 Å². The minimum absolute atomic E-state index is 0.144. The Bertz CT molecular complexity index is 549. The molecule has 0 radical (unpaired) electrons. The smallest absolute Gasteiger partial charge is 0.150 e. The van der Waals surface area contributed by atoms with E-state index in [0.29, 0.717) is 17.9 Å². The van der Waals surface area contributed by atoms with Crippen LogP contribution in [-0.4, -0.2) is 32.5 Å². The van der Waals surface area contributed by atoms with Crippen LogP contribution in [0.2, 0.25) is 5.02 Å². The normalized spacial score (nSPS) is 13.3. The second kappa shape index (κ2) is 8.71. The van der Waals surface area contributed by atoms with Crippen molar-refractivity contribution in [2.45, 2.75) is 39.2 Å². The molecule has 0 aliphatic carbocycles. The average molecular weight is 336 g/mol. The summed E-state index contributed by atoms with van der Waals surface area (Å²) in [7, 11) is -2.92. The van der Waals surface area contributed by atoms with Gasteiger partial charge in [-0.3, -0.25) is 0 Å². The van der Waals surface area contributed by atoms with Gasteiger partial charge in [-0.25, -0.2) is 12.8 Å². The van der Waals surface area contributed by atoms with Gasteiger partial charge in [0.1, 0.15) is 15.7 Å². The fraction of sp³-hybridized carbons (Fsp3) is 0.600. The molecule has 0 aliphatic rings. The molecule has 21 heavy (non-hydrogen) atoms. The Morgan fingerprint density at radius 3 is 2.62 bits per heavy atom. The lowest BCUT2D eigenvalue weighted by Gasteiger charge is -2.18. The van der Waals surface area contributed by atoms with Crippen LogP contribution in [0.1, 0.15) is 32.3 Å². The highest BCUT2D eigenvalue weighted by atomic mass is 35.5. The molecule has 0 aliphatic heterocycles. The van der Waals surface area contributed by atoms with Gasteiger partial charge in [0, 0.05) is 16.8 Å². The Kier molecular flexibility index (Phi) is 7.63. The number of rotatable bonds is 9. The van der Waals surface area contributed by atoms with E-state index in [4.69, 9.17) is 11.6 Å². The first kappa shape index (κ1) is 18.4. The van der Waals surface area contributed by atoms with Crippen molar-refractivity contribution in [1.82, 2.24) is 5.32 Å². The molecule has 3 nitrogen and oxygen atoms in total. The molecule has 1 N–H and O–H groups in total. The molecule has 0 bridgehead atoms. The molecule has 0 amide bonds. The number of likely N-dealkylation sites (N-methyl/N-ethyl adjacent to an activating group) is 1. The first-order chi connectivity index (χ1) is 9.88. The average Bonchev–Trinajstić information content (AvgIpc) is 2.42. The summed E-state index contributed by atoms with van der Waals surface area (Å²) < 4.78 is 36.0. The van der Waals surface area contributed by atoms with Crippen LogP contribution >= 0.6 is 11.6 Å². The van der Waals surface area contributed by atoms with Crippen molar-refractivity contribution in [3.8, 4) is 0 Å². The summed E-state index contributed by atoms with van der Waals surface area (Å²) in [6.07, 6.45) is 2.03. The van der Waals surface area contributed by atoms with Crippen molar-refractivity contribution >= 4 is 21.4 Å². The Labute approximate surface area is 131 Å². The molecule has 1 aromatic carbocycles. The predicted molar refractivity (Wildman–Crippen MR) is 86.1 cm³/mol. The van der Waals surface area contributed by atoms with Crippen LogP contribution in [0.5, 0.6) is 0 Å². The lowest BCUT2D eigenvalue weighted by Crippen LogP contribution is -2.31. The molecule has 1 atom stereocenters. The van der Waals surface area contributed by atoms with E-state index in [1.165, 1.54) is 12.1 Å². The predicted octanol–water partition coefficient (Wildman–Crippen LogP) is 3.21. The van der Waals surface area contributed by atoms with E-state index >= 15 is 0 Å². The molecule has 0 fully saturated rings. The second-order valence-corrected chi connectivity index (χ2v) is 7.95. The number of halogens is 2. The molecule has 0 heterocycles. The van der Waals surface area contributed by atoms with Gasteiger partial charge in [0.25, 0.3) is 0 Å². The Hall–Kier alpha value is -0.650. The maximum atomic E-state index is 13.0. The summed E-state index contributed by atoms with van der Waals surface area (Å²) in [5.74, 6) is 0.0448. The quantitative estimate of drug-likeness (QED) is 0.753. The summed E-state index contributed by atoms with van der Waals surface area (Å²) in [6.45, 7) is 4.46. The van der Waals surface area contributed by atoms with Crippen LogP contribution in [0, 0.1) is 5.82 Å². The van der Waals surface area contributed by atoms with Gasteiger partial charge in [-0.1, -0.05) is 31.5 Å². The molecular weight excluding hydrogens is 313 g/mol. The van der Waals surface area contributed by atoms with Crippen molar-refractivity contribution in [1.29, 1.82) is 0 Å². The summed E-state index contributed by atoms with van der Waals surface area (Å²) in [6, 6.07) is 4.53. The largest absolute Gasteiger partial charge is 0.314 e. The molecular formula is C15H23ClFNO2S. The number of hydrogen-bond donors (Lipinski definition) is 1. The van der Waals surface area contributed by atoms with Crippen molar-refractivity contribution in [2.75, 3.05) is 18.1 Å². The van der Waals surface area contributed by atoms with Gasteiger partial charge in [-0.15, -0.1) is 0 Å². The summed E-state index contributed by atoms with van der Waals surface area (Å²) >= 11 is 6.04. The van der Waals surface area contributed by atoms with Crippen LogP contribution < -0.4 is 5.32 Å². The molecule has 0 saturated heterocycles. The van der Waals surface area contributed by atoms with Crippen LogP contribution in [0.15, 0.2) is 18.2 Å². The van der Waals surface area contributed by atoms with Gasteiger partial charge < -0.3 is 5.32 Å². The van der Waals surface area contributed by atoms with Gasteiger partial charge in [-0.2, -0.15) is 0 Å². The Balaban J connectivity index is 2.61. The first-order valence-electron chi connectivity index (χ1n) is 7.25. The zero-order valence-electron chi connectivity index (χ0n) is 12.5. The van der Waals surface area contributed by atoms with Crippen LogP contribution in [0.3, 0.4) is 0 Å². The molecule has 6 heteroatoms. The maximum Gasteiger partial charge on any atom is 0.150 e. The van der Waals surface area contributed by atoms with Gasteiger partial charge >= 0.3 is 0 Å². The number of sulfone groups is 1. The summed E-state index contributed by atoms with van der Waals surface area (Å²) in [4.78, 5) is 0. The second-order valence-electron chi connectivity index (χ2n) is 5.07. The van der Waals surface area contributed by atoms with Gasteiger partial charge in [0.2, 0.25) is 0 Å². The van der Waals surface area contributed by atoms with E-state index in [2.05, 4.69) is 5.32 Å². The zero-order valence-corrected chi connectivity index (χ0v) is 14.1. The number of nitrogens with one attached hydrogen (secondary N) is 1. The molecule has 0 spiro atoms. The van der Waals surface area contributed by atoms with E-state index in [1.807, 2.05) is 6.92 Å². The van der Waals surface area contributed by atoms with Crippen molar-refractivity contribution in [2.24, 2.45) is 0 Å². The van der Waals surface area contributed by atoms with E-state index in [9.17, 15) is 12.8 Å². The fourth-order valence-corrected chi connectivity index (χ4v) is 3.35. The summed E-state index contributed by atoms with van der Waals surface area (Å²) in [5, 5.41) is 3.75. The molecule has 120 valence electrons. The van der Waals surface area contributed by atoms with Crippen LogP contribution in [0.4, 0.5) is 4.39 Å². The lowest BCUT2D eigenvalue weighted by atomic mass is 10.0. The Morgan fingerprint density at radius 2 is 2.05 bits per heavy atom. The minimum atomic E-state index is -2.92. The fourth-order valence-electron chi connectivity index (χ4n) is 2.21. The number of hydrogen-bond acceptors (Lipinski definition) is 3.